The van der Waals surface area contributed by atoms with Crippen LogP contribution in [0.15, 0.2) is 101 Å². The average molecular weight is 547 g/mol. The first kappa shape index (κ1) is 26.6. The van der Waals surface area contributed by atoms with E-state index in [1.807, 2.05) is 24.3 Å². The Hall–Kier alpha value is -3.95. The number of ether oxygens (including phenoxy) is 2. The number of aliphatic hydroxyl groups excluding tert-OH is 1. The van der Waals surface area contributed by atoms with Crippen molar-refractivity contribution >= 4 is 27.3 Å². The Morgan fingerprint density at radius 3 is 2.49 bits per heavy atom. The van der Waals surface area contributed by atoms with Crippen molar-refractivity contribution in [1.82, 2.24) is 0 Å². The molecule has 0 saturated heterocycles. The van der Waals surface area contributed by atoms with Crippen molar-refractivity contribution in [1.29, 1.82) is 0 Å². The Morgan fingerprint density at radius 2 is 1.77 bits per heavy atom. The van der Waals surface area contributed by atoms with E-state index in [1.54, 1.807) is 65.6 Å². The number of carbonyl (C=O) groups is 1. The molecule has 2 aliphatic heterocycles. The number of nitrogens with zero attached hydrogens (tertiary/aromatic N) is 2. The smallest absolute Gasteiger partial charge is 0.259 e. The highest BCUT2D eigenvalue weighted by molar-refractivity contribution is 7.91. The van der Waals surface area contributed by atoms with Crippen LogP contribution in [0.3, 0.4) is 0 Å². The summed E-state index contributed by atoms with van der Waals surface area (Å²) in [6.07, 6.45) is 1.32. The molecule has 0 unspecified atom stereocenters. The fourth-order valence-electron chi connectivity index (χ4n) is 4.97. The highest BCUT2D eigenvalue weighted by atomic mass is 32.2. The van der Waals surface area contributed by atoms with Crippen LogP contribution >= 0.6 is 0 Å². The Morgan fingerprint density at radius 1 is 1.05 bits per heavy atom. The number of hydrogen-bond acceptors (Lipinski definition) is 7. The first-order chi connectivity index (χ1) is 18.9. The second-order valence-corrected chi connectivity index (χ2v) is 11.5. The molecular weight excluding hydrogens is 516 g/mol. The first-order valence-corrected chi connectivity index (χ1v) is 14.4. The summed E-state index contributed by atoms with van der Waals surface area (Å²) >= 11 is 0. The predicted octanol–water partition coefficient (Wildman–Crippen LogP) is 4.10. The maximum Gasteiger partial charge on any atom is 0.259 e. The lowest BCUT2D eigenvalue weighted by Gasteiger charge is -2.41. The van der Waals surface area contributed by atoms with Gasteiger partial charge in [0.15, 0.2) is 21.5 Å². The van der Waals surface area contributed by atoms with Crippen LogP contribution in [0.5, 0.6) is 5.75 Å². The number of benzene rings is 3. The highest BCUT2D eigenvalue weighted by Crippen LogP contribution is 2.50. The number of amides is 1. The summed E-state index contributed by atoms with van der Waals surface area (Å²) in [5.74, 6) is 0.294. The molecule has 0 radical (unpaired) electrons. The largest absolute Gasteiger partial charge is 0.494 e. The molecule has 1 N–H and O–H groups in total. The van der Waals surface area contributed by atoms with Crippen LogP contribution in [-0.2, 0) is 19.4 Å². The number of sulfone groups is 1. The van der Waals surface area contributed by atoms with Crippen LogP contribution in [0.4, 0.5) is 5.69 Å². The van der Waals surface area contributed by atoms with Crippen molar-refractivity contribution in [3.05, 3.63) is 103 Å². The third-order valence-electron chi connectivity index (χ3n) is 6.93. The van der Waals surface area contributed by atoms with Crippen LogP contribution in [0.25, 0.3) is 0 Å². The van der Waals surface area contributed by atoms with Crippen LogP contribution in [-0.4, -0.2) is 56.4 Å². The minimum atomic E-state index is -3.68. The summed E-state index contributed by atoms with van der Waals surface area (Å²) in [5.41, 5.74) is 0.631. The SMILES string of the molecule is C=CCN1C(=O)[C@]2(CCS(=O)(=O)c3ccccc3)N=C(c3ccc(OCCCO)cc3)O[C@@H]2c2ccccc21. The molecule has 0 aliphatic carbocycles. The molecule has 2 aliphatic rings. The van der Waals surface area contributed by atoms with Gasteiger partial charge in [0, 0.05) is 37.1 Å². The van der Waals surface area contributed by atoms with Gasteiger partial charge < -0.3 is 19.5 Å². The minimum absolute atomic E-state index is 0.0462. The van der Waals surface area contributed by atoms with Crippen LogP contribution in [0, 0.1) is 0 Å². The van der Waals surface area contributed by atoms with Gasteiger partial charge in [-0.1, -0.05) is 42.5 Å². The number of hydrogen-bond donors (Lipinski definition) is 1. The summed E-state index contributed by atoms with van der Waals surface area (Å²) in [6, 6.07) is 22.8. The molecule has 0 fully saturated rings. The fourth-order valence-corrected chi connectivity index (χ4v) is 6.36. The van der Waals surface area contributed by atoms with Crippen molar-refractivity contribution < 1.29 is 27.8 Å². The van der Waals surface area contributed by atoms with Gasteiger partial charge in [0.25, 0.3) is 5.91 Å². The standard InChI is InChI=1S/C30H30N2O6S/c1-2-18-32-26-12-7-6-11-25(26)27-30(29(32)34,17-21-39(35,36)24-9-4-3-5-10-24)31-28(38-27)22-13-15-23(16-14-22)37-20-8-19-33/h2-7,9-16,27,33H,1,8,17-21H2/t27-,30-/m1/s1. The van der Waals surface area contributed by atoms with E-state index in [9.17, 15) is 13.2 Å². The number of fused-ring (bicyclic) bond motifs is 3. The number of carbonyl (C=O) groups excluding carboxylic acids is 1. The molecule has 3 aromatic carbocycles. The van der Waals surface area contributed by atoms with Gasteiger partial charge in [-0.3, -0.25) is 4.79 Å². The van der Waals surface area contributed by atoms with Crippen LogP contribution in [0.2, 0.25) is 0 Å². The summed E-state index contributed by atoms with van der Waals surface area (Å²) < 4.78 is 38.5. The molecule has 0 bridgehead atoms. The molecule has 5 rings (SSSR count). The van der Waals surface area contributed by atoms with E-state index in [4.69, 9.17) is 19.6 Å². The monoisotopic (exact) mass is 546 g/mol. The number of anilines is 1. The molecule has 0 saturated carbocycles. The van der Waals surface area contributed by atoms with Gasteiger partial charge in [0.2, 0.25) is 5.90 Å². The van der Waals surface area contributed by atoms with E-state index in [1.165, 1.54) is 0 Å². The van der Waals surface area contributed by atoms with Crippen molar-refractivity contribution in [3.8, 4) is 5.75 Å². The lowest BCUT2D eigenvalue weighted by atomic mass is 9.80. The quantitative estimate of drug-likeness (QED) is 0.287. The summed E-state index contributed by atoms with van der Waals surface area (Å²) in [4.78, 5) is 20.8. The van der Waals surface area contributed by atoms with Crippen LogP contribution < -0.4 is 9.64 Å². The van der Waals surface area contributed by atoms with Crippen LogP contribution in [0.1, 0.15) is 30.1 Å². The van der Waals surface area contributed by atoms with Crippen molar-refractivity contribution in [2.45, 2.75) is 29.4 Å². The van der Waals surface area contributed by atoms with E-state index in [0.717, 1.165) is 5.56 Å². The lowest BCUT2D eigenvalue weighted by Crippen LogP contribution is -2.55. The topological polar surface area (TPSA) is 106 Å². The minimum Gasteiger partial charge on any atom is -0.494 e. The molecule has 1 amide bonds. The zero-order valence-electron chi connectivity index (χ0n) is 21.4. The average Bonchev–Trinajstić information content (AvgIpc) is 3.37. The molecule has 9 heteroatoms. The second-order valence-electron chi connectivity index (χ2n) is 9.43. The van der Waals surface area contributed by atoms with Gasteiger partial charge in [-0.2, -0.15) is 0 Å². The van der Waals surface area contributed by atoms with E-state index in [2.05, 4.69) is 6.58 Å². The molecular formula is C30H30N2O6S. The zero-order valence-corrected chi connectivity index (χ0v) is 22.2. The third-order valence-corrected chi connectivity index (χ3v) is 8.66. The van der Waals surface area contributed by atoms with E-state index in [0.29, 0.717) is 30.0 Å². The van der Waals surface area contributed by atoms with Gasteiger partial charge in [0.1, 0.15) is 5.75 Å². The Bertz CT molecular complexity index is 1490. The third kappa shape index (κ3) is 5.07. The number of aliphatic imine (C=N–C) groups is 1. The van der Waals surface area contributed by atoms with E-state index >= 15 is 0 Å². The fraction of sp³-hybridized carbons (Fsp3) is 0.267. The molecule has 202 valence electrons. The number of para-hydroxylation sites is 1. The predicted molar refractivity (Wildman–Crippen MR) is 149 cm³/mol. The Balaban J connectivity index is 1.54. The van der Waals surface area contributed by atoms with Gasteiger partial charge in [-0.25, -0.2) is 13.4 Å². The molecule has 8 nitrogen and oxygen atoms in total. The van der Waals surface area contributed by atoms with E-state index < -0.39 is 21.5 Å². The Kier molecular flexibility index (Phi) is 7.54. The molecule has 39 heavy (non-hydrogen) atoms. The maximum absolute atomic E-state index is 14.2. The molecule has 2 atom stereocenters. The number of aliphatic hydroxyl groups is 1. The highest BCUT2D eigenvalue weighted by Gasteiger charge is 2.58. The van der Waals surface area contributed by atoms with Gasteiger partial charge >= 0.3 is 0 Å². The Labute approximate surface area is 228 Å². The van der Waals surface area contributed by atoms with Crippen molar-refractivity contribution in [2.24, 2.45) is 4.99 Å². The van der Waals surface area contributed by atoms with E-state index in [-0.39, 0.29) is 42.0 Å². The summed E-state index contributed by atoms with van der Waals surface area (Å²) in [6.45, 7) is 4.49. The van der Waals surface area contributed by atoms with Gasteiger partial charge in [-0.05, 0) is 42.5 Å². The summed E-state index contributed by atoms with van der Waals surface area (Å²) in [7, 11) is -3.68. The van der Waals surface area contributed by atoms with Gasteiger partial charge in [0.05, 0.1) is 22.9 Å². The van der Waals surface area contributed by atoms with Crippen molar-refractivity contribution in [3.63, 3.8) is 0 Å². The van der Waals surface area contributed by atoms with Crippen molar-refractivity contribution in [2.75, 3.05) is 30.4 Å². The molecule has 0 spiro atoms. The molecule has 2 heterocycles. The summed E-state index contributed by atoms with van der Waals surface area (Å²) in [5, 5.41) is 8.97. The van der Waals surface area contributed by atoms with Gasteiger partial charge in [-0.15, -0.1) is 6.58 Å². The number of rotatable bonds is 11. The maximum atomic E-state index is 14.2. The normalized spacial score (nSPS) is 20.0. The second kappa shape index (κ2) is 11.0. The molecule has 0 aromatic heterocycles. The molecule has 3 aromatic rings. The lowest BCUT2D eigenvalue weighted by molar-refractivity contribution is -0.127. The first-order valence-electron chi connectivity index (χ1n) is 12.8. The zero-order chi connectivity index (χ0) is 27.5.